The minimum absolute atomic E-state index is 0.0727. The zero-order chi connectivity index (χ0) is 17.9. The lowest BCUT2D eigenvalue weighted by molar-refractivity contribution is 0.0657. The van der Waals surface area contributed by atoms with Gasteiger partial charge in [-0.2, -0.15) is 0 Å². The normalized spacial score (nSPS) is 17.0. The van der Waals surface area contributed by atoms with Crippen LogP contribution >= 0.6 is 0 Å². The van der Waals surface area contributed by atoms with Crippen LogP contribution in [0.3, 0.4) is 0 Å². The topological polar surface area (TPSA) is 79.8 Å². The van der Waals surface area contributed by atoms with Crippen molar-refractivity contribution in [3.8, 4) is 11.5 Å². The van der Waals surface area contributed by atoms with Crippen LogP contribution < -0.4 is 14.8 Å². The number of fused-ring (bicyclic) bond motifs is 1. The molecular weight excluding hydrogens is 334 g/mol. The molecule has 1 amide bonds. The Kier molecular flexibility index (Phi) is 4.57. The fourth-order valence-electron chi connectivity index (χ4n) is 2.95. The Balaban J connectivity index is 1.42. The number of nitrogens with zero attached hydrogens (tertiary/aromatic N) is 4. The van der Waals surface area contributed by atoms with E-state index < -0.39 is 0 Å². The minimum Gasteiger partial charge on any atom is -0.486 e. The van der Waals surface area contributed by atoms with Crippen molar-refractivity contribution < 1.29 is 14.3 Å². The van der Waals surface area contributed by atoms with E-state index in [4.69, 9.17) is 9.47 Å². The number of anilines is 2. The molecule has 0 spiro atoms. The fraction of sp³-hybridized carbons (Fsp3) is 0.389. The summed E-state index contributed by atoms with van der Waals surface area (Å²) in [4.78, 5) is 16.5. The van der Waals surface area contributed by atoms with Crippen LogP contribution in [-0.4, -0.2) is 72.3 Å². The first-order valence-electron chi connectivity index (χ1n) is 8.67. The summed E-state index contributed by atoms with van der Waals surface area (Å²) < 4.78 is 11.1. The number of benzene rings is 1. The summed E-state index contributed by atoms with van der Waals surface area (Å²) in [5.74, 6) is 1.94. The number of likely N-dealkylation sites (N-methyl/N-ethyl adjacent to an activating group) is 1. The molecule has 0 unspecified atom stereocenters. The van der Waals surface area contributed by atoms with Crippen LogP contribution in [0.25, 0.3) is 0 Å². The molecule has 1 aromatic carbocycles. The summed E-state index contributed by atoms with van der Waals surface area (Å²) in [6.45, 7) is 4.29. The predicted molar refractivity (Wildman–Crippen MR) is 96.1 cm³/mol. The Hall–Kier alpha value is -2.87. The summed E-state index contributed by atoms with van der Waals surface area (Å²) in [6.07, 6.45) is 0. The molecule has 3 heterocycles. The second kappa shape index (κ2) is 7.17. The standard InChI is InChI=1S/C18H21N5O3/c1-22-6-8-23(9-7-22)18(24)14-3-5-17(21-20-14)19-13-2-4-15-16(12-13)26-11-10-25-15/h2-5,12H,6-11H2,1H3,(H,19,21). The lowest BCUT2D eigenvalue weighted by Gasteiger charge is -2.32. The molecule has 1 fully saturated rings. The molecule has 0 aliphatic carbocycles. The maximum absolute atomic E-state index is 12.5. The van der Waals surface area contributed by atoms with Crippen LogP contribution in [0.4, 0.5) is 11.5 Å². The van der Waals surface area contributed by atoms with Crippen molar-refractivity contribution in [3.63, 3.8) is 0 Å². The van der Waals surface area contributed by atoms with Gasteiger partial charge in [-0.05, 0) is 31.3 Å². The number of amides is 1. The lowest BCUT2D eigenvalue weighted by Crippen LogP contribution is -2.47. The number of rotatable bonds is 3. The number of piperazine rings is 1. The molecule has 8 heteroatoms. The lowest BCUT2D eigenvalue weighted by atomic mass is 10.2. The zero-order valence-electron chi connectivity index (χ0n) is 14.6. The first-order valence-corrected chi connectivity index (χ1v) is 8.67. The van der Waals surface area contributed by atoms with E-state index in [0.717, 1.165) is 24.5 Å². The van der Waals surface area contributed by atoms with Crippen LogP contribution in [0, 0.1) is 0 Å². The van der Waals surface area contributed by atoms with E-state index in [1.165, 1.54) is 0 Å². The molecule has 2 aliphatic heterocycles. The number of nitrogens with one attached hydrogen (secondary N) is 1. The number of hydrogen-bond donors (Lipinski definition) is 1. The molecule has 1 saturated heterocycles. The molecule has 26 heavy (non-hydrogen) atoms. The molecule has 1 N–H and O–H groups in total. The molecule has 136 valence electrons. The van der Waals surface area contributed by atoms with Crippen LogP contribution in [0.15, 0.2) is 30.3 Å². The van der Waals surface area contributed by atoms with Gasteiger partial charge in [-0.15, -0.1) is 10.2 Å². The van der Waals surface area contributed by atoms with Crippen molar-refractivity contribution in [2.45, 2.75) is 0 Å². The summed E-state index contributed by atoms with van der Waals surface area (Å²) in [5.41, 5.74) is 1.18. The third kappa shape index (κ3) is 3.55. The van der Waals surface area contributed by atoms with Gasteiger partial charge in [-0.25, -0.2) is 0 Å². The Bertz CT molecular complexity index is 788. The van der Waals surface area contributed by atoms with E-state index in [2.05, 4.69) is 27.5 Å². The average molecular weight is 355 g/mol. The summed E-state index contributed by atoms with van der Waals surface area (Å²) in [6, 6.07) is 9.06. The maximum atomic E-state index is 12.5. The first-order chi connectivity index (χ1) is 12.7. The molecule has 8 nitrogen and oxygen atoms in total. The van der Waals surface area contributed by atoms with Gasteiger partial charge in [0.1, 0.15) is 13.2 Å². The molecule has 0 bridgehead atoms. The van der Waals surface area contributed by atoms with Crippen molar-refractivity contribution in [2.24, 2.45) is 0 Å². The molecule has 2 aliphatic rings. The smallest absolute Gasteiger partial charge is 0.274 e. The van der Waals surface area contributed by atoms with E-state index in [1.54, 1.807) is 12.1 Å². The highest BCUT2D eigenvalue weighted by atomic mass is 16.6. The third-order valence-corrected chi connectivity index (χ3v) is 4.49. The van der Waals surface area contributed by atoms with Gasteiger partial charge in [-0.1, -0.05) is 0 Å². The van der Waals surface area contributed by atoms with Crippen LogP contribution in [0.2, 0.25) is 0 Å². The minimum atomic E-state index is -0.0727. The quantitative estimate of drug-likeness (QED) is 0.891. The highest BCUT2D eigenvalue weighted by molar-refractivity contribution is 5.92. The van der Waals surface area contributed by atoms with Crippen molar-refractivity contribution in [1.82, 2.24) is 20.0 Å². The van der Waals surface area contributed by atoms with Gasteiger partial charge in [0.25, 0.3) is 5.91 Å². The average Bonchev–Trinajstić information content (AvgIpc) is 2.68. The Morgan fingerprint density at radius 2 is 1.77 bits per heavy atom. The Morgan fingerprint density at radius 1 is 1.00 bits per heavy atom. The van der Waals surface area contributed by atoms with E-state index >= 15 is 0 Å². The number of carbonyl (C=O) groups excluding carboxylic acids is 1. The molecule has 0 radical (unpaired) electrons. The zero-order valence-corrected chi connectivity index (χ0v) is 14.6. The van der Waals surface area contributed by atoms with Gasteiger partial charge in [0, 0.05) is 37.9 Å². The summed E-state index contributed by atoms with van der Waals surface area (Å²) >= 11 is 0. The number of hydrogen-bond acceptors (Lipinski definition) is 7. The number of ether oxygens (including phenoxy) is 2. The molecule has 2 aromatic rings. The van der Waals surface area contributed by atoms with Gasteiger partial charge < -0.3 is 24.6 Å². The third-order valence-electron chi connectivity index (χ3n) is 4.49. The largest absolute Gasteiger partial charge is 0.486 e. The van der Waals surface area contributed by atoms with E-state index in [0.29, 0.717) is 43.6 Å². The van der Waals surface area contributed by atoms with E-state index in [9.17, 15) is 4.79 Å². The van der Waals surface area contributed by atoms with Gasteiger partial charge in [-0.3, -0.25) is 4.79 Å². The molecular formula is C18H21N5O3. The SMILES string of the molecule is CN1CCN(C(=O)c2ccc(Nc3ccc4c(c3)OCCO4)nn2)CC1. The molecule has 0 saturated carbocycles. The highest BCUT2D eigenvalue weighted by Crippen LogP contribution is 2.33. The van der Waals surface area contributed by atoms with Crippen molar-refractivity contribution in [2.75, 3.05) is 51.8 Å². The van der Waals surface area contributed by atoms with Crippen molar-refractivity contribution >= 4 is 17.4 Å². The van der Waals surface area contributed by atoms with Crippen LogP contribution in [0.1, 0.15) is 10.5 Å². The highest BCUT2D eigenvalue weighted by Gasteiger charge is 2.21. The summed E-state index contributed by atoms with van der Waals surface area (Å²) in [7, 11) is 2.06. The second-order valence-electron chi connectivity index (χ2n) is 6.38. The second-order valence-corrected chi connectivity index (χ2v) is 6.38. The Morgan fingerprint density at radius 3 is 2.50 bits per heavy atom. The van der Waals surface area contributed by atoms with Gasteiger partial charge in [0.15, 0.2) is 23.0 Å². The van der Waals surface area contributed by atoms with E-state index in [-0.39, 0.29) is 5.91 Å². The number of carbonyl (C=O) groups is 1. The predicted octanol–water partition coefficient (Wildman–Crippen LogP) is 1.38. The fourth-order valence-corrected chi connectivity index (χ4v) is 2.95. The molecule has 1 aromatic heterocycles. The van der Waals surface area contributed by atoms with Crippen LogP contribution in [0.5, 0.6) is 11.5 Å². The molecule has 0 atom stereocenters. The maximum Gasteiger partial charge on any atom is 0.274 e. The number of aromatic nitrogens is 2. The van der Waals surface area contributed by atoms with Gasteiger partial charge in [0.2, 0.25) is 0 Å². The van der Waals surface area contributed by atoms with E-state index in [1.807, 2.05) is 23.1 Å². The molecule has 4 rings (SSSR count). The van der Waals surface area contributed by atoms with Gasteiger partial charge >= 0.3 is 0 Å². The monoisotopic (exact) mass is 355 g/mol. The first kappa shape index (κ1) is 16.6. The van der Waals surface area contributed by atoms with Crippen LogP contribution in [-0.2, 0) is 0 Å². The Labute approximate surface area is 151 Å². The van der Waals surface area contributed by atoms with Gasteiger partial charge in [0.05, 0.1) is 0 Å². The summed E-state index contributed by atoms with van der Waals surface area (Å²) in [5, 5.41) is 11.4. The van der Waals surface area contributed by atoms with Crippen molar-refractivity contribution in [3.05, 3.63) is 36.0 Å². The van der Waals surface area contributed by atoms with Crippen molar-refractivity contribution in [1.29, 1.82) is 0 Å².